The van der Waals surface area contributed by atoms with Crippen molar-refractivity contribution in [1.82, 2.24) is 15.3 Å². The zero-order valence-corrected chi connectivity index (χ0v) is 17.3. The average molecular weight is 402 g/mol. The van der Waals surface area contributed by atoms with Crippen molar-refractivity contribution in [2.75, 3.05) is 23.3 Å². The summed E-state index contributed by atoms with van der Waals surface area (Å²) in [4.78, 5) is 23.9. The van der Waals surface area contributed by atoms with Crippen molar-refractivity contribution in [1.29, 1.82) is 0 Å². The van der Waals surface area contributed by atoms with Crippen LogP contribution in [0.1, 0.15) is 30.4 Å². The van der Waals surface area contributed by atoms with Gasteiger partial charge in [-0.05, 0) is 43.9 Å². The highest BCUT2D eigenvalue weighted by Crippen LogP contribution is 2.30. The SMILES string of the molecule is Cc1ccc(CNC(=O)Nc2cccc(-c3nccnc3N3CCCCC3)c2)cc1. The Balaban J connectivity index is 1.45. The van der Waals surface area contributed by atoms with Crippen LogP contribution in [0.4, 0.5) is 16.3 Å². The molecule has 0 atom stereocenters. The minimum absolute atomic E-state index is 0.233. The fraction of sp³-hybridized carbons (Fsp3) is 0.292. The van der Waals surface area contributed by atoms with Crippen LogP contribution in [0.15, 0.2) is 60.9 Å². The van der Waals surface area contributed by atoms with Crippen molar-refractivity contribution in [3.63, 3.8) is 0 Å². The van der Waals surface area contributed by atoms with E-state index in [4.69, 9.17) is 0 Å². The topological polar surface area (TPSA) is 70.1 Å². The minimum Gasteiger partial charge on any atom is -0.355 e. The number of urea groups is 1. The summed E-state index contributed by atoms with van der Waals surface area (Å²) in [7, 11) is 0. The molecule has 2 aromatic carbocycles. The summed E-state index contributed by atoms with van der Waals surface area (Å²) < 4.78 is 0. The molecule has 30 heavy (non-hydrogen) atoms. The Morgan fingerprint density at radius 2 is 1.77 bits per heavy atom. The minimum atomic E-state index is -0.233. The molecule has 6 nitrogen and oxygen atoms in total. The van der Waals surface area contributed by atoms with E-state index in [-0.39, 0.29) is 6.03 Å². The lowest BCUT2D eigenvalue weighted by Crippen LogP contribution is -2.30. The maximum absolute atomic E-state index is 12.4. The molecule has 3 aromatic rings. The second-order valence-corrected chi connectivity index (χ2v) is 7.65. The maximum atomic E-state index is 12.4. The zero-order chi connectivity index (χ0) is 20.8. The first kappa shape index (κ1) is 19.9. The standard InChI is InChI=1S/C24H27N5O/c1-18-8-10-19(11-9-18)17-27-24(30)28-21-7-5-6-20(16-21)22-23(26-13-12-25-22)29-14-3-2-4-15-29/h5-13,16H,2-4,14-15,17H2,1H3,(H2,27,28,30). The Hall–Kier alpha value is -3.41. The molecule has 0 spiro atoms. The summed E-state index contributed by atoms with van der Waals surface area (Å²) in [5.41, 5.74) is 4.79. The van der Waals surface area contributed by atoms with Gasteiger partial charge in [-0.15, -0.1) is 0 Å². The number of anilines is 2. The van der Waals surface area contributed by atoms with E-state index in [9.17, 15) is 4.79 Å². The first-order chi connectivity index (χ1) is 14.7. The van der Waals surface area contributed by atoms with Crippen LogP contribution >= 0.6 is 0 Å². The summed E-state index contributed by atoms with van der Waals surface area (Å²) in [5.74, 6) is 0.915. The van der Waals surface area contributed by atoms with Crippen LogP contribution in [-0.4, -0.2) is 29.1 Å². The number of hydrogen-bond donors (Lipinski definition) is 2. The normalized spacial score (nSPS) is 13.7. The van der Waals surface area contributed by atoms with Gasteiger partial charge in [0, 0.05) is 43.3 Å². The molecule has 1 saturated heterocycles. The van der Waals surface area contributed by atoms with Gasteiger partial charge in [-0.3, -0.25) is 4.98 Å². The quantitative estimate of drug-likeness (QED) is 0.646. The van der Waals surface area contributed by atoms with Gasteiger partial charge in [-0.1, -0.05) is 42.0 Å². The molecule has 1 fully saturated rings. The van der Waals surface area contributed by atoms with Gasteiger partial charge in [-0.25, -0.2) is 9.78 Å². The Morgan fingerprint density at radius 1 is 1.00 bits per heavy atom. The van der Waals surface area contributed by atoms with Crippen LogP contribution in [0.2, 0.25) is 0 Å². The van der Waals surface area contributed by atoms with Crippen LogP contribution in [0.25, 0.3) is 11.3 Å². The van der Waals surface area contributed by atoms with Crippen molar-refractivity contribution in [2.45, 2.75) is 32.7 Å². The van der Waals surface area contributed by atoms with Gasteiger partial charge in [0.1, 0.15) is 5.69 Å². The lowest BCUT2D eigenvalue weighted by atomic mass is 10.1. The number of hydrogen-bond acceptors (Lipinski definition) is 4. The number of nitrogens with zero attached hydrogens (tertiary/aromatic N) is 3. The van der Waals surface area contributed by atoms with Crippen LogP contribution < -0.4 is 15.5 Å². The molecule has 1 aliphatic heterocycles. The summed E-state index contributed by atoms with van der Waals surface area (Å²) in [6, 6.07) is 15.7. The third kappa shape index (κ3) is 4.95. The lowest BCUT2D eigenvalue weighted by Gasteiger charge is -2.28. The maximum Gasteiger partial charge on any atom is 0.319 e. The van der Waals surface area contributed by atoms with E-state index < -0.39 is 0 Å². The Labute approximate surface area is 177 Å². The second-order valence-electron chi connectivity index (χ2n) is 7.65. The van der Waals surface area contributed by atoms with Crippen LogP contribution in [0, 0.1) is 6.92 Å². The molecule has 2 N–H and O–H groups in total. The predicted molar refractivity (Wildman–Crippen MR) is 121 cm³/mol. The summed E-state index contributed by atoms with van der Waals surface area (Å²) in [5, 5.41) is 5.82. The molecule has 0 aliphatic carbocycles. The number of piperidine rings is 1. The van der Waals surface area contributed by atoms with Gasteiger partial charge in [0.15, 0.2) is 5.82 Å². The van der Waals surface area contributed by atoms with Gasteiger partial charge in [-0.2, -0.15) is 0 Å². The number of nitrogens with one attached hydrogen (secondary N) is 2. The molecule has 2 amide bonds. The fourth-order valence-corrected chi connectivity index (χ4v) is 3.68. The van der Waals surface area contributed by atoms with Crippen molar-refractivity contribution in [3.8, 4) is 11.3 Å². The van der Waals surface area contributed by atoms with Gasteiger partial charge >= 0.3 is 6.03 Å². The van der Waals surface area contributed by atoms with Crippen molar-refractivity contribution >= 4 is 17.5 Å². The van der Waals surface area contributed by atoms with E-state index in [1.807, 2.05) is 55.5 Å². The van der Waals surface area contributed by atoms with Crippen molar-refractivity contribution in [3.05, 3.63) is 72.1 Å². The molecular formula is C24H27N5O. The van der Waals surface area contributed by atoms with Crippen molar-refractivity contribution < 1.29 is 4.79 Å². The van der Waals surface area contributed by atoms with Crippen LogP contribution in [0.3, 0.4) is 0 Å². The average Bonchev–Trinajstić information content (AvgIpc) is 2.79. The summed E-state index contributed by atoms with van der Waals surface area (Å²) >= 11 is 0. The number of aromatic nitrogens is 2. The highest BCUT2D eigenvalue weighted by Gasteiger charge is 2.18. The van der Waals surface area contributed by atoms with E-state index in [2.05, 4.69) is 25.5 Å². The largest absolute Gasteiger partial charge is 0.355 e. The Kier molecular flexibility index (Phi) is 6.23. The third-order valence-electron chi connectivity index (χ3n) is 5.30. The smallest absolute Gasteiger partial charge is 0.319 e. The summed E-state index contributed by atoms with van der Waals surface area (Å²) in [6.45, 7) is 4.54. The third-order valence-corrected chi connectivity index (χ3v) is 5.30. The molecule has 154 valence electrons. The van der Waals surface area contributed by atoms with E-state index >= 15 is 0 Å². The first-order valence-corrected chi connectivity index (χ1v) is 10.5. The highest BCUT2D eigenvalue weighted by molar-refractivity contribution is 5.90. The number of amides is 2. The molecular weight excluding hydrogens is 374 g/mol. The Morgan fingerprint density at radius 3 is 2.57 bits per heavy atom. The van der Waals surface area contributed by atoms with Gasteiger partial charge in [0.25, 0.3) is 0 Å². The van der Waals surface area contributed by atoms with E-state index in [0.29, 0.717) is 6.54 Å². The molecule has 6 heteroatoms. The van der Waals surface area contributed by atoms with Gasteiger partial charge in [0.2, 0.25) is 0 Å². The molecule has 0 unspecified atom stereocenters. The second kappa shape index (κ2) is 9.39. The van der Waals surface area contributed by atoms with Crippen LogP contribution in [-0.2, 0) is 6.54 Å². The molecule has 1 aliphatic rings. The van der Waals surface area contributed by atoms with Gasteiger partial charge < -0.3 is 15.5 Å². The fourth-order valence-electron chi connectivity index (χ4n) is 3.68. The van der Waals surface area contributed by atoms with Gasteiger partial charge in [0.05, 0.1) is 0 Å². The molecule has 0 saturated carbocycles. The Bertz CT molecular complexity index is 996. The number of carbonyl (C=O) groups excluding carboxylic acids is 1. The van der Waals surface area contributed by atoms with Crippen LogP contribution in [0.5, 0.6) is 0 Å². The zero-order valence-electron chi connectivity index (χ0n) is 17.3. The number of aryl methyl sites for hydroxylation is 1. The number of rotatable bonds is 5. The predicted octanol–water partition coefficient (Wildman–Crippen LogP) is 4.76. The van der Waals surface area contributed by atoms with Crippen molar-refractivity contribution in [2.24, 2.45) is 0 Å². The highest BCUT2D eigenvalue weighted by atomic mass is 16.2. The van der Waals surface area contributed by atoms with E-state index in [0.717, 1.165) is 41.4 Å². The van der Waals surface area contributed by atoms with E-state index in [1.165, 1.54) is 24.8 Å². The number of carbonyl (C=O) groups is 1. The number of benzene rings is 2. The monoisotopic (exact) mass is 401 g/mol. The lowest BCUT2D eigenvalue weighted by molar-refractivity contribution is 0.251. The first-order valence-electron chi connectivity index (χ1n) is 10.5. The molecule has 0 radical (unpaired) electrons. The molecule has 2 heterocycles. The molecule has 0 bridgehead atoms. The van der Waals surface area contributed by atoms with E-state index in [1.54, 1.807) is 12.4 Å². The molecule has 4 rings (SSSR count). The molecule has 1 aromatic heterocycles. The summed E-state index contributed by atoms with van der Waals surface area (Å²) in [6.07, 6.45) is 7.09.